The summed E-state index contributed by atoms with van der Waals surface area (Å²) in [5.74, 6) is -1.02. The lowest BCUT2D eigenvalue weighted by atomic mass is 10.2. The van der Waals surface area contributed by atoms with Crippen molar-refractivity contribution >= 4 is 52.1 Å². The van der Waals surface area contributed by atoms with Gasteiger partial charge in [-0.1, -0.05) is 41.0 Å². The molecule has 1 aromatic carbocycles. The number of carboxylic acids is 1. The van der Waals surface area contributed by atoms with E-state index in [1.165, 1.54) is 25.6 Å². The first kappa shape index (κ1) is 20.5. The second-order valence-electron chi connectivity index (χ2n) is 6.19. The second kappa shape index (κ2) is 7.65. The Morgan fingerprint density at radius 1 is 1.25 bits per heavy atom. The van der Waals surface area contributed by atoms with E-state index < -0.39 is 22.5 Å². The summed E-state index contributed by atoms with van der Waals surface area (Å²) in [5, 5.41) is 9.62. The molecular weight excluding hydrogens is 427 g/mol. The number of aliphatic carboxylic acids is 1. The molecule has 1 atom stereocenters. The van der Waals surface area contributed by atoms with Crippen molar-refractivity contribution in [3.05, 3.63) is 54.6 Å². The van der Waals surface area contributed by atoms with E-state index in [2.05, 4.69) is 4.98 Å². The number of thioether (sulfide) groups is 1. The van der Waals surface area contributed by atoms with Crippen LogP contribution in [0.5, 0.6) is 0 Å². The molecule has 0 amide bonds. The summed E-state index contributed by atoms with van der Waals surface area (Å²) < 4.78 is 3.82. The first-order chi connectivity index (χ1) is 13.1. The first-order valence-corrected chi connectivity index (χ1v) is 9.75. The second-order valence-corrected chi connectivity index (χ2v) is 8.34. The number of aryl methyl sites for hydroxylation is 1. The van der Waals surface area contributed by atoms with E-state index in [0.29, 0.717) is 20.8 Å². The molecule has 3 aromatic rings. The molecule has 0 aliphatic carbocycles. The molecule has 28 heavy (non-hydrogen) atoms. The van der Waals surface area contributed by atoms with E-state index in [9.17, 15) is 19.5 Å². The molecule has 0 fully saturated rings. The van der Waals surface area contributed by atoms with Crippen molar-refractivity contribution < 1.29 is 9.90 Å². The topological polar surface area (TPSA) is 99.1 Å². The molecule has 0 radical (unpaired) electrons. The molecule has 2 aromatic heterocycles. The van der Waals surface area contributed by atoms with Gasteiger partial charge >= 0.3 is 11.7 Å². The van der Waals surface area contributed by atoms with Crippen LogP contribution in [0.1, 0.15) is 12.5 Å². The van der Waals surface area contributed by atoms with E-state index in [1.54, 1.807) is 22.8 Å². The van der Waals surface area contributed by atoms with E-state index in [-0.39, 0.29) is 17.7 Å². The van der Waals surface area contributed by atoms with Crippen LogP contribution in [0.3, 0.4) is 0 Å². The number of carbonyl (C=O) groups is 1. The zero-order valence-corrected chi connectivity index (χ0v) is 17.5. The molecule has 0 bridgehead atoms. The number of rotatable bonds is 5. The number of nitrogens with zero attached hydrogens (tertiary/aromatic N) is 4. The van der Waals surface area contributed by atoms with Crippen molar-refractivity contribution in [1.29, 1.82) is 0 Å². The van der Waals surface area contributed by atoms with Crippen LogP contribution < -0.4 is 11.2 Å². The number of carboxylic acid groups (broad SMARTS) is 1. The number of hydrogen-bond acceptors (Lipinski definition) is 5. The van der Waals surface area contributed by atoms with Crippen LogP contribution in [-0.2, 0) is 25.4 Å². The summed E-state index contributed by atoms with van der Waals surface area (Å²) in [6.07, 6.45) is 0. The highest BCUT2D eigenvalue weighted by Crippen LogP contribution is 2.29. The number of fused-ring (bicyclic) bond motifs is 1. The average Bonchev–Trinajstić information content (AvgIpc) is 2.98. The third-order valence-electron chi connectivity index (χ3n) is 4.29. The third-order valence-corrected chi connectivity index (χ3v) is 5.95. The van der Waals surface area contributed by atoms with Crippen molar-refractivity contribution in [2.75, 3.05) is 0 Å². The first-order valence-electron chi connectivity index (χ1n) is 8.11. The Balaban J connectivity index is 2.29. The van der Waals surface area contributed by atoms with Gasteiger partial charge in [0.05, 0.1) is 6.54 Å². The maximum absolute atomic E-state index is 12.8. The zero-order valence-electron chi connectivity index (χ0n) is 15.1. The Kier molecular flexibility index (Phi) is 5.60. The standard InChI is InChI=1S/C17H16Cl2N4O4S/c1-8(15(25)26)28-16-20-13-12(14(24)22(3)17(27)21(13)2)23(16)7-9-4-5-10(18)6-11(9)19/h4-6,8H,7H2,1-3H3,(H,25,26)/t8-/m1/s1. The molecule has 0 aliphatic heterocycles. The molecule has 0 spiro atoms. The molecule has 8 nitrogen and oxygen atoms in total. The number of benzene rings is 1. The SMILES string of the molecule is C[C@@H](Sc1nc2c(c(=O)n(C)c(=O)n2C)n1Cc1ccc(Cl)cc1Cl)C(=O)O. The lowest BCUT2D eigenvalue weighted by Gasteiger charge is -2.12. The third kappa shape index (κ3) is 3.57. The van der Waals surface area contributed by atoms with Crippen LogP contribution in [0.2, 0.25) is 10.0 Å². The molecule has 148 valence electrons. The van der Waals surface area contributed by atoms with E-state index in [0.717, 1.165) is 16.3 Å². The summed E-state index contributed by atoms with van der Waals surface area (Å²) in [7, 11) is 2.88. The summed E-state index contributed by atoms with van der Waals surface area (Å²) >= 11 is 13.2. The molecule has 1 N–H and O–H groups in total. The quantitative estimate of drug-likeness (QED) is 0.608. The fourth-order valence-electron chi connectivity index (χ4n) is 2.69. The van der Waals surface area contributed by atoms with Crippen LogP contribution in [0, 0.1) is 0 Å². The highest BCUT2D eigenvalue weighted by molar-refractivity contribution is 8.00. The minimum absolute atomic E-state index is 0.161. The Hall–Kier alpha value is -2.23. The Labute approximate surface area is 173 Å². The number of hydrogen-bond donors (Lipinski definition) is 1. The van der Waals surface area contributed by atoms with Gasteiger partial charge in [-0.3, -0.25) is 18.7 Å². The smallest absolute Gasteiger partial charge is 0.332 e. The van der Waals surface area contributed by atoms with Gasteiger partial charge in [0.15, 0.2) is 16.3 Å². The lowest BCUT2D eigenvalue weighted by Crippen LogP contribution is -2.37. The molecule has 0 unspecified atom stereocenters. The fourth-order valence-corrected chi connectivity index (χ4v) is 4.00. The average molecular weight is 443 g/mol. The molecule has 11 heteroatoms. The monoisotopic (exact) mass is 442 g/mol. The van der Waals surface area contributed by atoms with Gasteiger partial charge in [0.2, 0.25) is 0 Å². The van der Waals surface area contributed by atoms with Crippen molar-refractivity contribution in [3.8, 4) is 0 Å². The highest BCUT2D eigenvalue weighted by Gasteiger charge is 2.23. The van der Waals surface area contributed by atoms with Gasteiger partial charge in [0, 0.05) is 24.1 Å². The van der Waals surface area contributed by atoms with Crippen molar-refractivity contribution in [1.82, 2.24) is 18.7 Å². The molecule has 0 saturated carbocycles. The summed E-state index contributed by atoms with van der Waals surface area (Å²) in [6, 6.07) is 4.97. The number of imidazole rings is 1. The molecule has 0 aliphatic rings. The normalized spacial score (nSPS) is 12.5. The molecule has 2 heterocycles. The Bertz CT molecular complexity index is 1210. The largest absolute Gasteiger partial charge is 0.480 e. The van der Waals surface area contributed by atoms with E-state index in [1.807, 2.05) is 0 Å². The molecular formula is C17H16Cl2N4O4S. The number of aromatic nitrogens is 4. The minimum atomic E-state index is -1.02. The minimum Gasteiger partial charge on any atom is -0.480 e. The zero-order chi connectivity index (χ0) is 20.7. The van der Waals surface area contributed by atoms with Crippen LogP contribution in [0.15, 0.2) is 32.9 Å². The van der Waals surface area contributed by atoms with Crippen LogP contribution in [0.25, 0.3) is 11.2 Å². The van der Waals surface area contributed by atoms with E-state index in [4.69, 9.17) is 23.2 Å². The lowest BCUT2D eigenvalue weighted by molar-refractivity contribution is -0.136. The maximum atomic E-state index is 12.8. The summed E-state index contributed by atoms with van der Waals surface area (Å²) in [6.45, 7) is 1.68. The maximum Gasteiger partial charge on any atom is 0.332 e. The van der Waals surface area contributed by atoms with Gasteiger partial charge in [-0.15, -0.1) is 0 Å². The van der Waals surface area contributed by atoms with Gasteiger partial charge in [-0.2, -0.15) is 0 Å². The molecule has 0 saturated heterocycles. The number of halogens is 2. The van der Waals surface area contributed by atoms with Crippen LogP contribution in [-0.4, -0.2) is 35.0 Å². The predicted octanol–water partition coefficient (Wildman–Crippen LogP) is 2.35. The van der Waals surface area contributed by atoms with Gasteiger partial charge in [0.1, 0.15) is 5.25 Å². The highest BCUT2D eigenvalue weighted by atomic mass is 35.5. The van der Waals surface area contributed by atoms with Gasteiger partial charge in [-0.05, 0) is 24.6 Å². The fraction of sp³-hybridized carbons (Fsp3) is 0.294. The summed E-state index contributed by atoms with van der Waals surface area (Å²) in [5.41, 5.74) is 0.0000958. The van der Waals surface area contributed by atoms with Crippen LogP contribution >= 0.6 is 35.0 Å². The van der Waals surface area contributed by atoms with Crippen molar-refractivity contribution in [3.63, 3.8) is 0 Å². The van der Waals surface area contributed by atoms with E-state index >= 15 is 0 Å². The van der Waals surface area contributed by atoms with Gasteiger partial charge in [0.25, 0.3) is 5.56 Å². The van der Waals surface area contributed by atoms with Crippen LogP contribution in [0.4, 0.5) is 0 Å². The van der Waals surface area contributed by atoms with Gasteiger partial charge in [-0.25, -0.2) is 9.78 Å². The van der Waals surface area contributed by atoms with Crippen molar-refractivity contribution in [2.45, 2.75) is 23.9 Å². The summed E-state index contributed by atoms with van der Waals surface area (Å²) in [4.78, 5) is 40.7. The Morgan fingerprint density at radius 3 is 2.54 bits per heavy atom. The van der Waals surface area contributed by atoms with Gasteiger partial charge < -0.3 is 9.67 Å². The van der Waals surface area contributed by atoms with Crippen molar-refractivity contribution in [2.24, 2.45) is 14.1 Å². The molecule has 3 rings (SSSR count). The Morgan fingerprint density at radius 2 is 1.93 bits per heavy atom. The predicted molar refractivity (Wildman–Crippen MR) is 109 cm³/mol.